The molecule has 0 bridgehead atoms. The smallest absolute Gasteiger partial charge is 0.192 e. The molecular formula is C23H24FNO4. The molecule has 0 unspecified atom stereocenters. The molecule has 1 aliphatic rings. The van der Waals surface area contributed by atoms with E-state index in [2.05, 4.69) is 4.98 Å². The average Bonchev–Trinajstić information content (AvgIpc) is 2.74. The number of aromatic amines is 1. The molecule has 2 aromatic carbocycles. The molecule has 0 spiro atoms. The monoisotopic (exact) mass is 397 g/mol. The van der Waals surface area contributed by atoms with Gasteiger partial charge >= 0.3 is 0 Å². The van der Waals surface area contributed by atoms with Gasteiger partial charge in [-0.15, -0.1) is 0 Å². The SMILES string of the molecule is Cc1c(COc2cc(F)cc(OCC3CCOCC3)c2)[nH]c2ccccc2c1=O. The minimum atomic E-state index is -0.423. The summed E-state index contributed by atoms with van der Waals surface area (Å²) in [5.74, 6) is 0.797. The van der Waals surface area contributed by atoms with Crippen molar-refractivity contribution in [3.8, 4) is 11.5 Å². The number of hydrogen-bond donors (Lipinski definition) is 1. The van der Waals surface area contributed by atoms with E-state index in [0.717, 1.165) is 31.6 Å². The van der Waals surface area contributed by atoms with Crippen LogP contribution in [0.3, 0.4) is 0 Å². The van der Waals surface area contributed by atoms with Gasteiger partial charge in [0, 0.05) is 47.9 Å². The van der Waals surface area contributed by atoms with E-state index in [1.165, 1.54) is 12.1 Å². The van der Waals surface area contributed by atoms with E-state index in [4.69, 9.17) is 14.2 Å². The number of aromatic nitrogens is 1. The van der Waals surface area contributed by atoms with E-state index < -0.39 is 5.82 Å². The summed E-state index contributed by atoms with van der Waals surface area (Å²) in [6.45, 7) is 3.92. The average molecular weight is 397 g/mol. The van der Waals surface area contributed by atoms with Crippen molar-refractivity contribution in [3.05, 3.63) is 69.8 Å². The third-order valence-electron chi connectivity index (χ3n) is 5.31. The maximum atomic E-state index is 14.0. The predicted molar refractivity (Wildman–Crippen MR) is 109 cm³/mol. The molecule has 5 nitrogen and oxygen atoms in total. The first kappa shape index (κ1) is 19.5. The van der Waals surface area contributed by atoms with Crippen molar-refractivity contribution in [2.45, 2.75) is 26.4 Å². The van der Waals surface area contributed by atoms with Crippen molar-refractivity contribution in [1.29, 1.82) is 0 Å². The Labute approximate surface area is 168 Å². The van der Waals surface area contributed by atoms with Crippen LogP contribution in [-0.2, 0) is 11.3 Å². The molecule has 1 saturated heterocycles. The van der Waals surface area contributed by atoms with Crippen molar-refractivity contribution < 1.29 is 18.6 Å². The van der Waals surface area contributed by atoms with Crippen LogP contribution in [0, 0.1) is 18.7 Å². The van der Waals surface area contributed by atoms with Crippen LogP contribution in [0.2, 0.25) is 0 Å². The number of benzene rings is 2. The molecule has 2 heterocycles. The summed E-state index contributed by atoms with van der Waals surface area (Å²) >= 11 is 0. The van der Waals surface area contributed by atoms with Gasteiger partial charge in [0.2, 0.25) is 0 Å². The standard InChI is InChI=1S/C23H24FNO4/c1-15-22(25-21-5-3-2-4-20(21)23(15)26)14-29-19-11-17(24)10-18(12-19)28-13-16-6-8-27-9-7-16/h2-5,10-12,16H,6-9,13-14H2,1H3,(H,25,26). The third-order valence-corrected chi connectivity index (χ3v) is 5.31. The normalized spacial score (nSPS) is 14.8. The fourth-order valence-electron chi connectivity index (χ4n) is 3.52. The molecule has 0 atom stereocenters. The summed E-state index contributed by atoms with van der Waals surface area (Å²) in [6.07, 6.45) is 1.90. The number of rotatable bonds is 6. The molecule has 1 aromatic heterocycles. The fraction of sp³-hybridized carbons (Fsp3) is 0.348. The summed E-state index contributed by atoms with van der Waals surface area (Å²) in [7, 11) is 0. The van der Waals surface area contributed by atoms with E-state index in [0.29, 0.717) is 40.7 Å². The minimum Gasteiger partial charge on any atom is -0.493 e. The van der Waals surface area contributed by atoms with Crippen molar-refractivity contribution in [2.24, 2.45) is 5.92 Å². The first-order valence-corrected chi connectivity index (χ1v) is 9.84. The van der Waals surface area contributed by atoms with Gasteiger partial charge in [-0.3, -0.25) is 4.79 Å². The Morgan fingerprint density at radius 3 is 2.62 bits per heavy atom. The van der Waals surface area contributed by atoms with Crippen LogP contribution in [0.15, 0.2) is 47.3 Å². The van der Waals surface area contributed by atoms with Crippen LogP contribution >= 0.6 is 0 Å². The lowest BCUT2D eigenvalue weighted by atomic mass is 10.0. The lowest BCUT2D eigenvalue weighted by molar-refractivity contribution is 0.0496. The Balaban J connectivity index is 1.47. The van der Waals surface area contributed by atoms with Crippen molar-refractivity contribution >= 4 is 10.9 Å². The maximum absolute atomic E-state index is 14.0. The van der Waals surface area contributed by atoms with Crippen LogP contribution in [-0.4, -0.2) is 24.8 Å². The molecule has 29 heavy (non-hydrogen) atoms. The molecule has 6 heteroatoms. The van der Waals surface area contributed by atoms with Crippen LogP contribution in [0.1, 0.15) is 24.1 Å². The lowest BCUT2D eigenvalue weighted by Gasteiger charge is -2.22. The van der Waals surface area contributed by atoms with Gasteiger partial charge in [0.1, 0.15) is 23.9 Å². The molecule has 0 radical (unpaired) electrons. The predicted octanol–water partition coefficient (Wildman–Crippen LogP) is 4.36. The molecule has 0 amide bonds. The third kappa shape index (κ3) is 4.59. The lowest BCUT2D eigenvalue weighted by Crippen LogP contribution is -2.21. The minimum absolute atomic E-state index is 0.0299. The Morgan fingerprint density at radius 1 is 1.10 bits per heavy atom. The molecule has 0 saturated carbocycles. The Bertz CT molecular complexity index is 1060. The van der Waals surface area contributed by atoms with Gasteiger partial charge in [0.15, 0.2) is 5.43 Å². The number of halogens is 1. The highest BCUT2D eigenvalue weighted by Gasteiger charge is 2.15. The molecule has 3 aromatic rings. The molecule has 1 fully saturated rings. The Morgan fingerprint density at radius 2 is 1.83 bits per heavy atom. The summed E-state index contributed by atoms with van der Waals surface area (Å²) in [4.78, 5) is 15.8. The molecule has 1 N–H and O–H groups in total. The highest BCUT2D eigenvalue weighted by Crippen LogP contribution is 2.25. The van der Waals surface area contributed by atoms with Crippen molar-refractivity contribution in [3.63, 3.8) is 0 Å². The number of hydrogen-bond acceptors (Lipinski definition) is 4. The summed E-state index contributed by atoms with van der Waals surface area (Å²) in [6, 6.07) is 11.7. The first-order valence-electron chi connectivity index (χ1n) is 9.84. The van der Waals surface area contributed by atoms with Crippen molar-refractivity contribution in [1.82, 2.24) is 4.98 Å². The number of H-pyrrole nitrogens is 1. The number of nitrogens with one attached hydrogen (secondary N) is 1. The van der Waals surface area contributed by atoms with Crippen LogP contribution in [0.5, 0.6) is 11.5 Å². The number of para-hydroxylation sites is 1. The maximum Gasteiger partial charge on any atom is 0.192 e. The Kier molecular flexibility index (Phi) is 5.81. The second-order valence-electron chi connectivity index (χ2n) is 7.38. The van der Waals surface area contributed by atoms with E-state index in [9.17, 15) is 9.18 Å². The molecule has 1 aliphatic heterocycles. The zero-order valence-corrected chi connectivity index (χ0v) is 16.4. The summed E-state index contributed by atoms with van der Waals surface area (Å²) < 4.78 is 30.9. The van der Waals surface area contributed by atoms with Gasteiger partial charge in [-0.25, -0.2) is 4.39 Å². The quantitative estimate of drug-likeness (QED) is 0.671. The number of fused-ring (bicyclic) bond motifs is 1. The highest BCUT2D eigenvalue weighted by atomic mass is 19.1. The van der Waals surface area contributed by atoms with E-state index in [1.807, 2.05) is 18.2 Å². The van der Waals surface area contributed by atoms with Crippen LogP contribution in [0.25, 0.3) is 10.9 Å². The number of ether oxygens (including phenoxy) is 3. The van der Waals surface area contributed by atoms with Gasteiger partial charge in [-0.1, -0.05) is 12.1 Å². The van der Waals surface area contributed by atoms with Crippen LogP contribution in [0.4, 0.5) is 4.39 Å². The second-order valence-corrected chi connectivity index (χ2v) is 7.38. The molecule has 152 valence electrons. The van der Waals surface area contributed by atoms with E-state index >= 15 is 0 Å². The summed E-state index contributed by atoms with van der Waals surface area (Å²) in [5, 5.41) is 0.642. The molecular weight excluding hydrogens is 373 g/mol. The van der Waals surface area contributed by atoms with E-state index in [-0.39, 0.29) is 12.0 Å². The van der Waals surface area contributed by atoms with E-state index in [1.54, 1.807) is 19.1 Å². The van der Waals surface area contributed by atoms with Crippen LogP contribution < -0.4 is 14.9 Å². The highest BCUT2D eigenvalue weighted by molar-refractivity contribution is 5.79. The van der Waals surface area contributed by atoms with Gasteiger partial charge in [-0.2, -0.15) is 0 Å². The van der Waals surface area contributed by atoms with Gasteiger partial charge in [-0.05, 0) is 37.8 Å². The molecule has 0 aliphatic carbocycles. The summed E-state index contributed by atoms with van der Waals surface area (Å²) in [5.41, 5.74) is 1.98. The second kappa shape index (κ2) is 8.66. The first-order chi connectivity index (χ1) is 14.1. The fourth-order valence-corrected chi connectivity index (χ4v) is 3.52. The molecule has 4 rings (SSSR count). The van der Waals surface area contributed by atoms with Gasteiger partial charge < -0.3 is 19.2 Å². The van der Waals surface area contributed by atoms with Gasteiger partial charge in [0.05, 0.1) is 12.3 Å². The zero-order valence-electron chi connectivity index (χ0n) is 16.4. The van der Waals surface area contributed by atoms with Crippen molar-refractivity contribution in [2.75, 3.05) is 19.8 Å². The largest absolute Gasteiger partial charge is 0.493 e. The Hall–Kier alpha value is -2.86. The topological polar surface area (TPSA) is 60.6 Å². The zero-order chi connectivity index (χ0) is 20.2. The number of pyridine rings is 1. The van der Waals surface area contributed by atoms with Gasteiger partial charge in [0.25, 0.3) is 0 Å².